The fourth-order valence-electron chi connectivity index (χ4n) is 2.36. The first-order valence-electron chi connectivity index (χ1n) is 7.03. The molecule has 0 aliphatic rings. The molecule has 0 N–H and O–H groups in total. The summed E-state index contributed by atoms with van der Waals surface area (Å²) in [6.45, 7) is 8.35. The van der Waals surface area contributed by atoms with Crippen molar-refractivity contribution < 1.29 is 4.39 Å². The Hall–Kier alpha value is -1.74. The molecule has 1 aromatic heterocycles. The zero-order valence-electron chi connectivity index (χ0n) is 12.7. The Morgan fingerprint density at radius 2 is 1.81 bits per heavy atom. The molecule has 0 atom stereocenters. The van der Waals surface area contributed by atoms with Crippen LogP contribution in [0.1, 0.15) is 31.3 Å². The summed E-state index contributed by atoms with van der Waals surface area (Å²) in [4.78, 5) is 4.48. The summed E-state index contributed by atoms with van der Waals surface area (Å²) in [5.41, 5.74) is 3.57. The number of nitrogens with zero attached hydrogens (tertiary/aromatic N) is 1. The molecule has 0 fully saturated rings. The van der Waals surface area contributed by atoms with E-state index in [0.717, 1.165) is 26.4 Å². The van der Waals surface area contributed by atoms with Gasteiger partial charge in [-0.25, -0.2) is 9.37 Å². The highest BCUT2D eigenvalue weighted by Gasteiger charge is 2.20. The lowest BCUT2D eigenvalue weighted by atomic mass is 9.98. The number of rotatable bonds is 1. The second-order valence-electron chi connectivity index (χ2n) is 6.39. The van der Waals surface area contributed by atoms with Gasteiger partial charge in [0.15, 0.2) is 5.82 Å². The average Bonchev–Trinajstić information content (AvgIpc) is 2.83. The zero-order chi connectivity index (χ0) is 15.2. The number of hydrogen-bond donors (Lipinski definition) is 0. The number of benzene rings is 2. The van der Waals surface area contributed by atoms with Gasteiger partial charge >= 0.3 is 0 Å². The van der Waals surface area contributed by atoms with Crippen LogP contribution in [0.5, 0.6) is 0 Å². The Balaban J connectivity index is 2.22. The molecular weight excluding hydrogens is 281 g/mol. The summed E-state index contributed by atoms with van der Waals surface area (Å²) in [5.74, 6) is -0.238. The van der Waals surface area contributed by atoms with Crippen LogP contribution in [0.2, 0.25) is 0 Å². The van der Waals surface area contributed by atoms with E-state index in [0.29, 0.717) is 5.52 Å². The van der Waals surface area contributed by atoms with Crippen LogP contribution in [0.15, 0.2) is 36.4 Å². The van der Waals surface area contributed by atoms with Crippen LogP contribution in [0.3, 0.4) is 0 Å². The largest absolute Gasteiger partial charge is 0.238 e. The van der Waals surface area contributed by atoms with Crippen LogP contribution >= 0.6 is 11.3 Å². The Morgan fingerprint density at radius 1 is 1.10 bits per heavy atom. The predicted octanol–water partition coefficient (Wildman–Crippen LogP) is 5.71. The molecule has 0 amide bonds. The van der Waals surface area contributed by atoms with Gasteiger partial charge in [-0.3, -0.25) is 0 Å². The van der Waals surface area contributed by atoms with Crippen LogP contribution in [0, 0.1) is 12.7 Å². The van der Waals surface area contributed by atoms with E-state index in [1.807, 2.05) is 37.3 Å². The monoisotopic (exact) mass is 299 g/mol. The van der Waals surface area contributed by atoms with Crippen LogP contribution in [0.25, 0.3) is 21.3 Å². The highest BCUT2D eigenvalue weighted by molar-refractivity contribution is 7.18. The number of aromatic nitrogens is 1. The van der Waals surface area contributed by atoms with Gasteiger partial charge in [0.25, 0.3) is 0 Å². The summed E-state index contributed by atoms with van der Waals surface area (Å²) in [6.07, 6.45) is 0. The summed E-state index contributed by atoms with van der Waals surface area (Å²) >= 11 is 1.58. The molecule has 1 nitrogen and oxygen atoms in total. The number of thiazole rings is 1. The Morgan fingerprint density at radius 3 is 2.48 bits per heavy atom. The van der Waals surface area contributed by atoms with E-state index in [-0.39, 0.29) is 11.2 Å². The lowest BCUT2D eigenvalue weighted by Gasteiger charge is -2.13. The molecule has 0 radical (unpaired) electrons. The highest BCUT2D eigenvalue weighted by Crippen LogP contribution is 2.35. The van der Waals surface area contributed by atoms with Gasteiger partial charge in [0.1, 0.15) is 5.52 Å². The number of aryl methyl sites for hydroxylation is 1. The smallest absolute Gasteiger partial charge is 0.150 e. The SMILES string of the molecule is Cc1ccccc1-c1cc(F)c2nc(C(C)(C)C)sc2c1. The predicted molar refractivity (Wildman–Crippen MR) is 88.5 cm³/mol. The van der Waals surface area contributed by atoms with Gasteiger partial charge in [-0.1, -0.05) is 45.0 Å². The molecule has 3 rings (SSSR count). The zero-order valence-corrected chi connectivity index (χ0v) is 13.5. The third-order valence-electron chi connectivity index (χ3n) is 3.55. The van der Waals surface area contributed by atoms with Gasteiger partial charge in [-0.2, -0.15) is 0 Å². The van der Waals surface area contributed by atoms with Crippen LogP contribution in [-0.4, -0.2) is 4.98 Å². The summed E-state index contributed by atoms with van der Waals surface area (Å²) in [5, 5.41) is 0.971. The molecular formula is C18H18FNS. The molecule has 108 valence electrons. The number of halogens is 1. The maximum absolute atomic E-state index is 14.4. The van der Waals surface area contributed by atoms with Crippen LogP contribution in [-0.2, 0) is 5.41 Å². The van der Waals surface area contributed by atoms with Crippen molar-refractivity contribution in [3.05, 3.63) is 52.8 Å². The second kappa shape index (κ2) is 4.92. The molecule has 0 saturated heterocycles. The van der Waals surface area contributed by atoms with Crippen molar-refractivity contribution in [2.24, 2.45) is 0 Å². The Bertz CT molecular complexity index is 812. The van der Waals surface area contributed by atoms with Crippen molar-refractivity contribution in [2.45, 2.75) is 33.1 Å². The van der Waals surface area contributed by atoms with Gasteiger partial charge in [-0.15, -0.1) is 11.3 Å². The molecule has 0 unspecified atom stereocenters. The maximum atomic E-state index is 14.4. The Labute approximate surface area is 128 Å². The van der Waals surface area contributed by atoms with Gasteiger partial charge in [0.05, 0.1) is 9.71 Å². The van der Waals surface area contributed by atoms with Gasteiger partial charge in [0, 0.05) is 5.41 Å². The quantitative estimate of drug-likeness (QED) is 0.561. The fourth-order valence-corrected chi connectivity index (χ4v) is 3.44. The third-order valence-corrected chi connectivity index (χ3v) is 4.97. The van der Waals surface area contributed by atoms with Crippen molar-refractivity contribution in [1.82, 2.24) is 4.98 Å². The first-order valence-corrected chi connectivity index (χ1v) is 7.84. The van der Waals surface area contributed by atoms with E-state index < -0.39 is 0 Å². The average molecular weight is 299 g/mol. The first-order chi connectivity index (χ1) is 9.86. The molecule has 1 heterocycles. The van der Waals surface area contributed by atoms with Crippen LogP contribution < -0.4 is 0 Å². The highest BCUT2D eigenvalue weighted by atomic mass is 32.1. The normalized spacial score (nSPS) is 12.0. The standard InChI is InChI=1S/C18H18FNS/c1-11-7-5-6-8-13(11)12-9-14(19)16-15(10-12)21-17(20-16)18(2,3)4/h5-10H,1-4H3. The third kappa shape index (κ3) is 2.58. The minimum absolute atomic E-state index is 0.0566. The summed E-state index contributed by atoms with van der Waals surface area (Å²) < 4.78 is 15.3. The molecule has 0 bridgehead atoms. The molecule has 3 aromatic rings. The summed E-state index contributed by atoms with van der Waals surface area (Å²) in [7, 11) is 0. The second-order valence-corrected chi connectivity index (χ2v) is 7.42. The molecule has 2 aromatic carbocycles. The lowest BCUT2D eigenvalue weighted by molar-refractivity contribution is 0.584. The van der Waals surface area contributed by atoms with Crippen molar-refractivity contribution in [1.29, 1.82) is 0 Å². The molecule has 3 heteroatoms. The molecule has 0 saturated carbocycles. The molecule has 0 aliphatic heterocycles. The van der Waals surface area contributed by atoms with Gasteiger partial charge < -0.3 is 0 Å². The fraction of sp³-hybridized carbons (Fsp3) is 0.278. The lowest BCUT2D eigenvalue weighted by Crippen LogP contribution is -2.09. The maximum Gasteiger partial charge on any atom is 0.150 e. The van der Waals surface area contributed by atoms with E-state index in [1.54, 1.807) is 17.4 Å². The minimum atomic E-state index is -0.238. The van der Waals surface area contributed by atoms with E-state index in [2.05, 4.69) is 25.8 Å². The van der Waals surface area contributed by atoms with Crippen molar-refractivity contribution >= 4 is 21.6 Å². The first kappa shape index (κ1) is 14.2. The van der Waals surface area contributed by atoms with E-state index in [9.17, 15) is 4.39 Å². The van der Waals surface area contributed by atoms with Gasteiger partial charge in [-0.05, 0) is 35.7 Å². The van der Waals surface area contributed by atoms with Gasteiger partial charge in [0.2, 0.25) is 0 Å². The Kier molecular flexibility index (Phi) is 3.33. The molecule has 0 spiro atoms. The molecule has 21 heavy (non-hydrogen) atoms. The van der Waals surface area contributed by atoms with Crippen LogP contribution in [0.4, 0.5) is 4.39 Å². The number of hydrogen-bond acceptors (Lipinski definition) is 2. The minimum Gasteiger partial charge on any atom is -0.238 e. The van der Waals surface area contributed by atoms with E-state index in [1.165, 1.54) is 0 Å². The van der Waals surface area contributed by atoms with Crippen molar-refractivity contribution in [3.8, 4) is 11.1 Å². The number of fused-ring (bicyclic) bond motifs is 1. The summed E-state index contributed by atoms with van der Waals surface area (Å²) in [6, 6.07) is 11.7. The van der Waals surface area contributed by atoms with E-state index >= 15 is 0 Å². The van der Waals surface area contributed by atoms with E-state index in [4.69, 9.17) is 0 Å². The van der Waals surface area contributed by atoms with Crippen molar-refractivity contribution in [2.75, 3.05) is 0 Å². The van der Waals surface area contributed by atoms with Crippen molar-refractivity contribution in [3.63, 3.8) is 0 Å². The molecule has 0 aliphatic carbocycles. The topological polar surface area (TPSA) is 12.9 Å².